The van der Waals surface area contributed by atoms with Gasteiger partial charge in [-0.1, -0.05) is 31.2 Å². The zero-order valence-electron chi connectivity index (χ0n) is 19.2. The van der Waals surface area contributed by atoms with E-state index < -0.39 is 11.6 Å². The van der Waals surface area contributed by atoms with Crippen LogP contribution < -0.4 is 15.0 Å². The van der Waals surface area contributed by atoms with Gasteiger partial charge in [-0.2, -0.15) is 0 Å². The molecule has 33 heavy (non-hydrogen) atoms. The molecule has 2 aliphatic rings. The third kappa shape index (κ3) is 4.85. The first kappa shape index (κ1) is 23.2. The highest BCUT2D eigenvalue weighted by Crippen LogP contribution is 2.37. The number of aryl methyl sites for hydroxylation is 1. The van der Waals surface area contributed by atoms with Gasteiger partial charge in [-0.3, -0.25) is 14.5 Å². The van der Waals surface area contributed by atoms with Crippen molar-refractivity contribution in [2.24, 2.45) is 0 Å². The number of amides is 4. The van der Waals surface area contributed by atoms with Crippen LogP contribution in [0.15, 0.2) is 53.4 Å². The van der Waals surface area contributed by atoms with Crippen LogP contribution in [-0.4, -0.2) is 53.7 Å². The van der Waals surface area contributed by atoms with Gasteiger partial charge in [0.2, 0.25) is 5.91 Å². The van der Waals surface area contributed by atoms with E-state index in [0.29, 0.717) is 24.6 Å². The predicted octanol–water partition coefficient (Wildman–Crippen LogP) is 3.86. The Kier molecular flexibility index (Phi) is 6.65. The summed E-state index contributed by atoms with van der Waals surface area (Å²) >= 11 is 1.74. The molecule has 4 rings (SSSR count). The van der Waals surface area contributed by atoms with Crippen LogP contribution in [0.5, 0.6) is 5.75 Å². The molecule has 1 saturated heterocycles. The van der Waals surface area contributed by atoms with Crippen molar-refractivity contribution >= 4 is 35.3 Å². The third-order valence-corrected chi connectivity index (χ3v) is 7.49. The molecule has 0 saturated carbocycles. The molecule has 4 amide bonds. The van der Waals surface area contributed by atoms with Crippen LogP contribution in [0.25, 0.3) is 0 Å². The average Bonchev–Trinajstić information content (AvgIpc) is 2.93. The summed E-state index contributed by atoms with van der Waals surface area (Å²) in [6.07, 6.45) is 1.89. The van der Waals surface area contributed by atoms with E-state index in [9.17, 15) is 14.4 Å². The van der Waals surface area contributed by atoms with Crippen molar-refractivity contribution in [3.05, 3.63) is 54.1 Å². The number of urea groups is 1. The van der Waals surface area contributed by atoms with Crippen LogP contribution >= 0.6 is 11.8 Å². The van der Waals surface area contributed by atoms with Gasteiger partial charge in [-0.25, -0.2) is 4.79 Å². The lowest BCUT2D eigenvalue weighted by Crippen LogP contribution is -2.46. The molecule has 0 radical (unpaired) electrons. The lowest BCUT2D eigenvalue weighted by Gasteiger charge is -2.25. The molecular formula is C25H29N3O4S. The monoisotopic (exact) mass is 467 g/mol. The normalized spacial score (nSPS) is 22.6. The summed E-state index contributed by atoms with van der Waals surface area (Å²) in [5.74, 6) is 0.156. The lowest BCUT2D eigenvalue weighted by atomic mass is 9.93. The Hall–Kier alpha value is -3.00. The third-order valence-electron chi connectivity index (χ3n) is 6.26. The summed E-state index contributed by atoms with van der Waals surface area (Å²) in [7, 11) is 1.61. The van der Waals surface area contributed by atoms with Crippen LogP contribution in [0.3, 0.4) is 0 Å². The first-order chi connectivity index (χ1) is 15.8. The maximum Gasteiger partial charge on any atom is 0.325 e. The number of nitrogens with one attached hydrogen (secondary N) is 1. The molecule has 0 aliphatic carbocycles. The molecule has 2 aromatic carbocycles. The number of carbonyl (C=O) groups is 3. The van der Waals surface area contributed by atoms with Crippen LogP contribution in [0.1, 0.15) is 32.3 Å². The Morgan fingerprint density at radius 3 is 2.64 bits per heavy atom. The minimum Gasteiger partial charge on any atom is -0.497 e. The standard InChI is InChI=1S/C25H29N3O4S/c1-17-13-15-27(20-6-4-5-7-21(20)33-17)22(29)16-28-23(30)25(2,26-24(28)31)14-12-18-8-10-19(32-3)11-9-18/h4-11,17H,12-16H2,1-3H3,(H,26,31)/t17-,25+/m0/s1. The van der Waals surface area contributed by atoms with E-state index in [1.54, 1.807) is 30.7 Å². The molecule has 8 heteroatoms. The smallest absolute Gasteiger partial charge is 0.325 e. The van der Waals surface area contributed by atoms with E-state index in [1.807, 2.05) is 48.5 Å². The molecule has 0 aromatic heterocycles. The largest absolute Gasteiger partial charge is 0.497 e. The molecule has 2 aromatic rings. The fourth-order valence-corrected chi connectivity index (χ4v) is 5.33. The molecular weight excluding hydrogens is 438 g/mol. The summed E-state index contributed by atoms with van der Waals surface area (Å²) in [6.45, 7) is 4.15. The molecule has 2 heterocycles. The fraction of sp³-hybridized carbons (Fsp3) is 0.400. The summed E-state index contributed by atoms with van der Waals surface area (Å²) in [5, 5.41) is 3.18. The topological polar surface area (TPSA) is 79.0 Å². The molecule has 1 N–H and O–H groups in total. The number of rotatable bonds is 6. The number of anilines is 1. The molecule has 1 fully saturated rings. The van der Waals surface area contributed by atoms with Gasteiger partial charge in [-0.05, 0) is 56.0 Å². The highest BCUT2D eigenvalue weighted by Gasteiger charge is 2.48. The van der Waals surface area contributed by atoms with Crippen LogP contribution in [0, 0.1) is 0 Å². The number of nitrogens with zero attached hydrogens (tertiary/aromatic N) is 2. The number of ether oxygens (including phenoxy) is 1. The van der Waals surface area contributed by atoms with Crippen LogP contribution in [0.2, 0.25) is 0 Å². The van der Waals surface area contributed by atoms with Crippen LogP contribution in [0.4, 0.5) is 10.5 Å². The van der Waals surface area contributed by atoms with Gasteiger partial charge in [0.25, 0.3) is 5.91 Å². The van der Waals surface area contributed by atoms with Crippen molar-refractivity contribution in [1.82, 2.24) is 10.2 Å². The van der Waals surface area contributed by atoms with Gasteiger partial charge < -0.3 is 15.0 Å². The van der Waals surface area contributed by atoms with E-state index in [-0.39, 0.29) is 18.4 Å². The van der Waals surface area contributed by atoms with Crippen molar-refractivity contribution in [2.45, 2.75) is 48.8 Å². The average molecular weight is 468 g/mol. The van der Waals surface area contributed by atoms with E-state index in [4.69, 9.17) is 4.74 Å². The number of benzene rings is 2. The number of hydrogen-bond acceptors (Lipinski definition) is 5. The molecule has 2 aliphatic heterocycles. The Bertz CT molecular complexity index is 1060. The molecule has 0 unspecified atom stereocenters. The van der Waals surface area contributed by atoms with Crippen molar-refractivity contribution in [3.63, 3.8) is 0 Å². The molecule has 0 spiro atoms. The Morgan fingerprint density at radius 1 is 1.18 bits per heavy atom. The van der Waals surface area contributed by atoms with Crippen molar-refractivity contribution in [1.29, 1.82) is 0 Å². The quantitative estimate of drug-likeness (QED) is 0.653. The zero-order valence-corrected chi connectivity index (χ0v) is 20.0. The number of fused-ring (bicyclic) bond motifs is 1. The molecule has 7 nitrogen and oxygen atoms in total. The molecule has 0 bridgehead atoms. The first-order valence-electron chi connectivity index (χ1n) is 11.1. The highest BCUT2D eigenvalue weighted by atomic mass is 32.2. The summed E-state index contributed by atoms with van der Waals surface area (Å²) in [4.78, 5) is 42.9. The number of methoxy groups -OCH3 is 1. The van der Waals surface area contributed by atoms with Crippen LogP contribution in [-0.2, 0) is 16.0 Å². The van der Waals surface area contributed by atoms with E-state index in [2.05, 4.69) is 12.2 Å². The van der Waals surface area contributed by atoms with Crippen molar-refractivity contribution < 1.29 is 19.1 Å². The highest BCUT2D eigenvalue weighted by molar-refractivity contribution is 8.00. The second-order valence-corrected chi connectivity index (χ2v) is 10.2. The van der Waals surface area contributed by atoms with Gasteiger partial charge in [0, 0.05) is 16.7 Å². The Morgan fingerprint density at radius 2 is 1.91 bits per heavy atom. The first-order valence-corrected chi connectivity index (χ1v) is 12.0. The number of hydrogen-bond donors (Lipinski definition) is 1. The number of thioether (sulfide) groups is 1. The second-order valence-electron chi connectivity index (χ2n) is 8.73. The maximum absolute atomic E-state index is 13.2. The minimum absolute atomic E-state index is 0.250. The van der Waals surface area contributed by atoms with Crippen molar-refractivity contribution in [3.8, 4) is 5.75 Å². The Labute approximate surface area is 198 Å². The number of imide groups is 1. The van der Waals surface area contributed by atoms with Gasteiger partial charge >= 0.3 is 6.03 Å². The number of carbonyl (C=O) groups excluding carboxylic acids is 3. The van der Waals surface area contributed by atoms with Gasteiger partial charge in [0.15, 0.2) is 0 Å². The Balaban J connectivity index is 1.44. The van der Waals surface area contributed by atoms with Crippen molar-refractivity contribution in [2.75, 3.05) is 25.1 Å². The molecule has 174 valence electrons. The zero-order chi connectivity index (χ0) is 23.6. The minimum atomic E-state index is -1.04. The molecule has 2 atom stereocenters. The van der Waals surface area contributed by atoms with E-state index >= 15 is 0 Å². The van der Waals surface area contributed by atoms with E-state index in [0.717, 1.165) is 33.2 Å². The van der Waals surface area contributed by atoms with Gasteiger partial charge in [-0.15, -0.1) is 11.8 Å². The van der Waals surface area contributed by atoms with Gasteiger partial charge in [0.1, 0.15) is 17.8 Å². The maximum atomic E-state index is 13.2. The summed E-state index contributed by atoms with van der Waals surface area (Å²) in [5.41, 5.74) is 0.839. The fourth-order valence-electron chi connectivity index (χ4n) is 4.21. The summed E-state index contributed by atoms with van der Waals surface area (Å²) < 4.78 is 5.18. The SMILES string of the molecule is COc1ccc(CC[C@@]2(C)NC(=O)N(CC(=O)N3CC[C@H](C)Sc4ccccc43)C2=O)cc1. The van der Waals surface area contributed by atoms with Gasteiger partial charge in [0.05, 0.1) is 12.8 Å². The van der Waals surface area contributed by atoms with E-state index in [1.165, 1.54) is 0 Å². The second kappa shape index (κ2) is 9.47. The number of para-hydroxylation sites is 1. The lowest BCUT2D eigenvalue weighted by molar-refractivity contribution is -0.134. The summed E-state index contributed by atoms with van der Waals surface area (Å²) in [6, 6.07) is 14.9. The predicted molar refractivity (Wildman–Crippen MR) is 129 cm³/mol.